The number of benzene rings is 1. The fraction of sp³-hybridized carbons (Fsp3) is 0.308. The zero-order valence-electron chi connectivity index (χ0n) is 10.6. The van der Waals surface area contributed by atoms with Gasteiger partial charge in [0.15, 0.2) is 0 Å². The predicted octanol–water partition coefficient (Wildman–Crippen LogP) is 1.24. The Kier molecular flexibility index (Phi) is 4.44. The van der Waals surface area contributed by atoms with Gasteiger partial charge in [-0.1, -0.05) is 0 Å². The number of esters is 1. The lowest BCUT2D eigenvalue weighted by molar-refractivity contribution is 0.0600. The molecule has 0 bridgehead atoms. The standard InChI is InChI=1S/C13H14N2O3/c1-15(2)12(16)10-6-9(4-5-14)7-11(8-10)13(17)18-3/h6-8H,4H2,1-3H3. The molecule has 0 fully saturated rings. The van der Waals surface area contributed by atoms with Crippen molar-refractivity contribution in [1.29, 1.82) is 5.26 Å². The molecule has 0 saturated carbocycles. The van der Waals surface area contributed by atoms with E-state index >= 15 is 0 Å². The van der Waals surface area contributed by atoms with Gasteiger partial charge >= 0.3 is 5.97 Å². The number of hydrogen-bond donors (Lipinski definition) is 0. The molecule has 0 radical (unpaired) electrons. The van der Waals surface area contributed by atoms with Gasteiger partial charge < -0.3 is 9.64 Å². The summed E-state index contributed by atoms with van der Waals surface area (Å²) in [4.78, 5) is 24.7. The molecular weight excluding hydrogens is 232 g/mol. The van der Waals surface area contributed by atoms with Crippen molar-refractivity contribution in [2.24, 2.45) is 0 Å². The molecule has 0 spiro atoms. The summed E-state index contributed by atoms with van der Waals surface area (Å²) in [6.07, 6.45) is 0.137. The van der Waals surface area contributed by atoms with E-state index in [4.69, 9.17) is 5.26 Å². The molecule has 0 heterocycles. The summed E-state index contributed by atoms with van der Waals surface area (Å²) in [5.41, 5.74) is 1.26. The van der Waals surface area contributed by atoms with Crippen LogP contribution in [-0.2, 0) is 11.2 Å². The van der Waals surface area contributed by atoms with Crippen molar-refractivity contribution in [3.8, 4) is 6.07 Å². The summed E-state index contributed by atoms with van der Waals surface area (Å²) >= 11 is 0. The van der Waals surface area contributed by atoms with Crippen molar-refractivity contribution >= 4 is 11.9 Å². The van der Waals surface area contributed by atoms with Crippen LogP contribution in [0.5, 0.6) is 0 Å². The van der Waals surface area contributed by atoms with Gasteiger partial charge in [-0.05, 0) is 23.8 Å². The van der Waals surface area contributed by atoms with Crippen LogP contribution >= 0.6 is 0 Å². The summed E-state index contributed by atoms with van der Waals surface area (Å²) in [5.74, 6) is -0.748. The quantitative estimate of drug-likeness (QED) is 0.752. The zero-order valence-corrected chi connectivity index (χ0v) is 10.6. The first-order valence-corrected chi connectivity index (χ1v) is 5.30. The van der Waals surface area contributed by atoms with E-state index in [-0.39, 0.29) is 17.9 Å². The predicted molar refractivity (Wildman–Crippen MR) is 65.1 cm³/mol. The molecule has 1 rings (SSSR count). The SMILES string of the molecule is COC(=O)c1cc(CC#N)cc(C(=O)N(C)C)c1. The van der Waals surface area contributed by atoms with Crippen LogP contribution in [0.3, 0.4) is 0 Å². The van der Waals surface area contributed by atoms with Gasteiger partial charge in [0.1, 0.15) is 0 Å². The Labute approximate surface area is 106 Å². The van der Waals surface area contributed by atoms with Crippen molar-refractivity contribution in [2.45, 2.75) is 6.42 Å². The van der Waals surface area contributed by atoms with Crippen LogP contribution in [0.4, 0.5) is 0 Å². The number of rotatable bonds is 3. The Bertz CT molecular complexity index is 515. The lowest BCUT2D eigenvalue weighted by atomic mass is 10.0. The van der Waals surface area contributed by atoms with Crippen molar-refractivity contribution in [3.05, 3.63) is 34.9 Å². The Hall–Kier alpha value is -2.35. The summed E-state index contributed by atoms with van der Waals surface area (Å²) in [6, 6.07) is 6.62. The van der Waals surface area contributed by atoms with Crippen LogP contribution in [0.2, 0.25) is 0 Å². The van der Waals surface area contributed by atoms with Gasteiger partial charge in [-0.3, -0.25) is 4.79 Å². The minimum absolute atomic E-state index is 0.137. The topological polar surface area (TPSA) is 70.4 Å². The maximum absolute atomic E-state index is 11.9. The van der Waals surface area contributed by atoms with Crippen molar-refractivity contribution in [2.75, 3.05) is 21.2 Å². The number of nitrogens with zero attached hydrogens (tertiary/aromatic N) is 2. The molecule has 1 aromatic rings. The van der Waals surface area contributed by atoms with Crippen LogP contribution in [0.15, 0.2) is 18.2 Å². The summed E-state index contributed by atoms with van der Waals surface area (Å²) in [5, 5.41) is 8.68. The van der Waals surface area contributed by atoms with Crippen LogP contribution < -0.4 is 0 Å². The molecule has 5 nitrogen and oxygen atoms in total. The summed E-state index contributed by atoms with van der Waals surface area (Å²) < 4.78 is 4.62. The monoisotopic (exact) mass is 246 g/mol. The third-order valence-corrected chi connectivity index (χ3v) is 2.35. The first-order chi connectivity index (χ1) is 8.49. The lowest BCUT2D eigenvalue weighted by Crippen LogP contribution is -2.22. The largest absolute Gasteiger partial charge is 0.465 e. The molecule has 5 heteroatoms. The second-order valence-corrected chi connectivity index (χ2v) is 3.94. The molecule has 1 amide bonds. The van der Waals surface area contributed by atoms with E-state index in [1.54, 1.807) is 26.2 Å². The molecule has 0 aliphatic heterocycles. The smallest absolute Gasteiger partial charge is 0.337 e. The van der Waals surface area contributed by atoms with Crippen molar-refractivity contribution < 1.29 is 14.3 Å². The van der Waals surface area contributed by atoms with Gasteiger partial charge in [0, 0.05) is 19.7 Å². The minimum atomic E-state index is -0.525. The first kappa shape index (κ1) is 13.7. The van der Waals surface area contributed by atoms with Crippen LogP contribution in [-0.4, -0.2) is 38.0 Å². The third kappa shape index (κ3) is 3.08. The fourth-order valence-corrected chi connectivity index (χ4v) is 1.50. The molecule has 1 aromatic carbocycles. The zero-order chi connectivity index (χ0) is 13.7. The van der Waals surface area contributed by atoms with Gasteiger partial charge in [0.2, 0.25) is 0 Å². The van der Waals surface area contributed by atoms with Crippen molar-refractivity contribution in [1.82, 2.24) is 4.90 Å². The number of hydrogen-bond acceptors (Lipinski definition) is 4. The normalized spacial score (nSPS) is 9.44. The molecule has 0 unspecified atom stereocenters. The molecule has 0 N–H and O–H groups in total. The van der Waals surface area contributed by atoms with E-state index in [0.717, 1.165) is 0 Å². The summed E-state index contributed by atoms with van der Waals surface area (Å²) in [6.45, 7) is 0. The van der Waals surface area contributed by atoms with Crippen LogP contribution in [0.25, 0.3) is 0 Å². The number of carbonyl (C=O) groups excluding carboxylic acids is 2. The average molecular weight is 246 g/mol. The molecule has 0 saturated heterocycles. The Morgan fingerprint density at radius 3 is 2.39 bits per heavy atom. The molecule has 18 heavy (non-hydrogen) atoms. The second-order valence-electron chi connectivity index (χ2n) is 3.94. The molecule has 0 aromatic heterocycles. The highest BCUT2D eigenvalue weighted by atomic mass is 16.5. The second kappa shape index (κ2) is 5.82. The van der Waals surface area contributed by atoms with Crippen LogP contribution in [0.1, 0.15) is 26.3 Å². The highest BCUT2D eigenvalue weighted by Crippen LogP contribution is 2.13. The molecule has 0 atom stereocenters. The number of carbonyl (C=O) groups is 2. The fourth-order valence-electron chi connectivity index (χ4n) is 1.50. The highest BCUT2D eigenvalue weighted by molar-refractivity contribution is 5.98. The van der Waals surface area contributed by atoms with Crippen LogP contribution in [0, 0.1) is 11.3 Å². The van der Waals surface area contributed by atoms with Gasteiger partial charge in [-0.25, -0.2) is 4.79 Å². The Balaban J connectivity index is 3.27. The number of amides is 1. The van der Waals surface area contributed by atoms with E-state index in [9.17, 15) is 9.59 Å². The molecular formula is C13H14N2O3. The van der Waals surface area contributed by atoms with E-state index in [2.05, 4.69) is 4.74 Å². The average Bonchev–Trinajstić information content (AvgIpc) is 2.36. The van der Waals surface area contributed by atoms with E-state index in [0.29, 0.717) is 11.1 Å². The third-order valence-electron chi connectivity index (χ3n) is 2.35. The van der Waals surface area contributed by atoms with Gasteiger partial charge in [-0.2, -0.15) is 5.26 Å². The number of ether oxygens (including phenoxy) is 1. The van der Waals surface area contributed by atoms with Gasteiger partial charge in [-0.15, -0.1) is 0 Å². The van der Waals surface area contributed by atoms with Crippen molar-refractivity contribution in [3.63, 3.8) is 0 Å². The molecule has 94 valence electrons. The molecule has 0 aliphatic carbocycles. The number of methoxy groups -OCH3 is 1. The maximum atomic E-state index is 11.9. The maximum Gasteiger partial charge on any atom is 0.337 e. The van der Waals surface area contributed by atoms with E-state index < -0.39 is 5.97 Å². The van der Waals surface area contributed by atoms with E-state index in [1.807, 2.05) is 6.07 Å². The highest BCUT2D eigenvalue weighted by Gasteiger charge is 2.14. The Morgan fingerprint density at radius 1 is 1.28 bits per heavy atom. The summed E-state index contributed by atoms with van der Waals surface area (Å²) in [7, 11) is 4.51. The molecule has 0 aliphatic rings. The Morgan fingerprint density at radius 2 is 1.89 bits per heavy atom. The van der Waals surface area contributed by atoms with Gasteiger partial charge in [0.25, 0.3) is 5.91 Å². The van der Waals surface area contributed by atoms with E-state index in [1.165, 1.54) is 18.1 Å². The van der Waals surface area contributed by atoms with Gasteiger partial charge in [0.05, 0.1) is 25.2 Å². The minimum Gasteiger partial charge on any atom is -0.465 e. The number of nitriles is 1. The lowest BCUT2D eigenvalue weighted by Gasteiger charge is -2.12. The first-order valence-electron chi connectivity index (χ1n) is 5.30.